The number of nitrogens with zero attached hydrogens (tertiary/aromatic N) is 1. The third-order valence-electron chi connectivity index (χ3n) is 4.27. The van der Waals surface area contributed by atoms with Crippen LogP contribution in [0.2, 0.25) is 0 Å². The molecule has 0 aliphatic carbocycles. The first-order chi connectivity index (χ1) is 10.7. The summed E-state index contributed by atoms with van der Waals surface area (Å²) in [5, 5.41) is 3.51. The van der Waals surface area contributed by atoms with Crippen molar-refractivity contribution in [3.8, 4) is 0 Å². The van der Waals surface area contributed by atoms with Crippen LogP contribution in [-0.2, 0) is 4.74 Å². The van der Waals surface area contributed by atoms with Crippen LogP contribution in [-0.4, -0.2) is 18.2 Å². The molecule has 3 N–H and O–H groups in total. The second-order valence-electron chi connectivity index (χ2n) is 5.86. The van der Waals surface area contributed by atoms with Crippen molar-refractivity contribution in [1.82, 2.24) is 4.98 Å². The van der Waals surface area contributed by atoms with Crippen LogP contribution in [0, 0.1) is 0 Å². The highest BCUT2D eigenvalue weighted by molar-refractivity contribution is 5.66. The first-order valence-corrected chi connectivity index (χ1v) is 7.88. The maximum Gasteiger partial charge on any atom is 0.0736 e. The predicted octanol–water partition coefficient (Wildman–Crippen LogP) is 3.73. The number of rotatable bonds is 4. The van der Waals surface area contributed by atoms with Gasteiger partial charge in [-0.25, -0.2) is 0 Å². The first kappa shape index (κ1) is 14.9. The highest BCUT2D eigenvalue weighted by Gasteiger charge is 2.18. The molecular weight excluding hydrogens is 274 g/mol. The molecule has 1 fully saturated rings. The zero-order valence-electron chi connectivity index (χ0n) is 13.0. The second-order valence-corrected chi connectivity index (χ2v) is 5.86. The molecule has 0 spiro atoms. The first-order valence-electron chi connectivity index (χ1n) is 7.88. The minimum Gasteiger partial charge on any atom is -0.396 e. The summed E-state index contributed by atoms with van der Waals surface area (Å²) < 4.78 is 5.43. The number of benzene rings is 1. The molecule has 1 aromatic heterocycles. The Balaban J connectivity index is 1.77. The van der Waals surface area contributed by atoms with Gasteiger partial charge in [0.2, 0.25) is 0 Å². The van der Waals surface area contributed by atoms with Crippen LogP contribution in [0.4, 0.5) is 11.4 Å². The number of nitrogen functional groups attached to an aromatic ring is 1. The molecule has 116 valence electrons. The molecule has 1 aromatic carbocycles. The summed E-state index contributed by atoms with van der Waals surface area (Å²) >= 11 is 0. The molecule has 4 nitrogen and oxygen atoms in total. The van der Waals surface area contributed by atoms with Crippen LogP contribution < -0.4 is 11.1 Å². The van der Waals surface area contributed by atoms with E-state index in [4.69, 9.17) is 10.5 Å². The lowest BCUT2D eigenvalue weighted by Crippen LogP contribution is -2.16. The van der Waals surface area contributed by atoms with Gasteiger partial charge in [-0.1, -0.05) is 30.3 Å². The third-order valence-corrected chi connectivity index (χ3v) is 4.27. The van der Waals surface area contributed by atoms with Crippen molar-refractivity contribution in [2.24, 2.45) is 0 Å². The quantitative estimate of drug-likeness (QED) is 0.902. The maximum absolute atomic E-state index is 6.10. The number of nitrogens with two attached hydrogens (primary N) is 1. The van der Waals surface area contributed by atoms with Crippen LogP contribution >= 0.6 is 0 Å². The monoisotopic (exact) mass is 297 g/mol. The van der Waals surface area contributed by atoms with E-state index >= 15 is 0 Å². The van der Waals surface area contributed by atoms with Crippen molar-refractivity contribution in [2.45, 2.75) is 31.7 Å². The zero-order valence-corrected chi connectivity index (χ0v) is 13.0. The topological polar surface area (TPSA) is 60.2 Å². The fourth-order valence-corrected chi connectivity index (χ4v) is 2.88. The Morgan fingerprint density at radius 1 is 1.23 bits per heavy atom. The summed E-state index contributed by atoms with van der Waals surface area (Å²) in [5.41, 5.74) is 10.1. The normalized spacial score (nSPS) is 17.1. The number of aromatic nitrogens is 1. The number of hydrogen-bond donors (Lipinski definition) is 2. The number of anilines is 2. The fraction of sp³-hybridized carbons (Fsp3) is 0.389. The van der Waals surface area contributed by atoms with Gasteiger partial charge in [0.25, 0.3) is 0 Å². The average molecular weight is 297 g/mol. The molecule has 4 heteroatoms. The number of hydrogen-bond acceptors (Lipinski definition) is 4. The van der Waals surface area contributed by atoms with E-state index < -0.39 is 0 Å². The molecular formula is C18H23N3O. The van der Waals surface area contributed by atoms with Crippen LogP contribution in [0.25, 0.3) is 0 Å². The smallest absolute Gasteiger partial charge is 0.0736 e. The van der Waals surface area contributed by atoms with Crippen molar-refractivity contribution in [3.63, 3.8) is 0 Å². The van der Waals surface area contributed by atoms with Gasteiger partial charge < -0.3 is 15.8 Å². The lowest BCUT2D eigenvalue weighted by atomic mass is 9.95. The summed E-state index contributed by atoms with van der Waals surface area (Å²) in [5.74, 6) is 0.474. The van der Waals surface area contributed by atoms with Gasteiger partial charge in [0.05, 0.1) is 17.6 Å². The lowest BCUT2D eigenvalue weighted by molar-refractivity contribution is 0.0845. The van der Waals surface area contributed by atoms with Crippen molar-refractivity contribution in [2.75, 3.05) is 24.3 Å². The summed E-state index contributed by atoms with van der Waals surface area (Å²) in [4.78, 5) is 4.52. The Kier molecular flexibility index (Phi) is 4.59. The molecule has 1 saturated heterocycles. The summed E-state index contributed by atoms with van der Waals surface area (Å²) in [6.07, 6.45) is 3.83. The van der Waals surface area contributed by atoms with E-state index in [9.17, 15) is 0 Å². The summed E-state index contributed by atoms with van der Waals surface area (Å²) in [7, 11) is 0. The molecule has 1 aliphatic rings. The lowest BCUT2D eigenvalue weighted by Gasteiger charge is -2.23. The van der Waals surface area contributed by atoms with E-state index in [-0.39, 0.29) is 6.04 Å². The van der Waals surface area contributed by atoms with Gasteiger partial charge in [-0.15, -0.1) is 0 Å². The van der Waals surface area contributed by atoms with Gasteiger partial charge in [0, 0.05) is 30.9 Å². The Morgan fingerprint density at radius 3 is 2.68 bits per heavy atom. The fourth-order valence-electron chi connectivity index (χ4n) is 2.88. The van der Waals surface area contributed by atoms with Gasteiger partial charge in [-0.3, -0.25) is 4.98 Å². The highest BCUT2D eigenvalue weighted by atomic mass is 16.5. The average Bonchev–Trinajstić information content (AvgIpc) is 2.58. The van der Waals surface area contributed by atoms with E-state index in [1.54, 1.807) is 6.20 Å². The molecule has 0 amide bonds. The predicted molar refractivity (Wildman–Crippen MR) is 89.9 cm³/mol. The Bertz CT molecular complexity index is 609. The number of ether oxygens (including phenoxy) is 1. The van der Waals surface area contributed by atoms with Crippen LogP contribution in [0.15, 0.2) is 42.6 Å². The second kappa shape index (κ2) is 6.79. The van der Waals surface area contributed by atoms with E-state index in [1.807, 2.05) is 6.07 Å². The van der Waals surface area contributed by atoms with Crippen LogP contribution in [0.1, 0.15) is 43.0 Å². The molecule has 0 bridgehead atoms. The third kappa shape index (κ3) is 3.39. The Labute approximate surface area is 131 Å². The Hall–Kier alpha value is -2.07. The largest absolute Gasteiger partial charge is 0.396 e. The standard InChI is InChI=1S/C18H23N3O/c1-13(14-5-3-2-4-6-14)21-18-11-17(20-12-16(18)19)15-7-9-22-10-8-15/h2-6,11-13,15H,7-10,19H2,1H3,(H,20,21)/t13-/m1/s1. The molecule has 1 atom stereocenters. The molecule has 2 aromatic rings. The minimum atomic E-state index is 0.202. The zero-order chi connectivity index (χ0) is 15.4. The van der Waals surface area contributed by atoms with E-state index in [0.717, 1.165) is 37.4 Å². The van der Waals surface area contributed by atoms with Gasteiger partial charge in [0.1, 0.15) is 0 Å². The van der Waals surface area contributed by atoms with E-state index in [2.05, 4.69) is 47.6 Å². The molecule has 0 radical (unpaired) electrons. The van der Waals surface area contributed by atoms with Crippen molar-refractivity contribution < 1.29 is 4.74 Å². The number of nitrogens with one attached hydrogen (secondary N) is 1. The summed E-state index contributed by atoms with van der Waals surface area (Å²) in [6.45, 7) is 3.78. The van der Waals surface area contributed by atoms with E-state index in [1.165, 1.54) is 5.56 Å². The molecule has 22 heavy (non-hydrogen) atoms. The van der Waals surface area contributed by atoms with Gasteiger partial charge in [0.15, 0.2) is 0 Å². The van der Waals surface area contributed by atoms with Gasteiger partial charge >= 0.3 is 0 Å². The van der Waals surface area contributed by atoms with Gasteiger partial charge in [-0.05, 0) is 31.4 Å². The van der Waals surface area contributed by atoms with Crippen molar-refractivity contribution in [1.29, 1.82) is 0 Å². The SMILES string of the molecule is C[C@@H](Nc1cc(C2CCOCC2)ncc1N)c1ccccc1. The van der Waals surface area contributed by atoms with Crippen molar-refractivity contribution in [3.05, 3.63) is 53.9 Å². The van der Waals surface area contributed by atoms with E-state index in [0.29, 0.717) is 11.6 Å². The van der Waals surface area contributed by atoms with Crippen LogP contribution in [0.3, 0.4) is 0 Å². The molecule has 0 unspecified atom stereocenters. The summed E-state index contributed by atoms with van der Waals surface area (Å²) in [6, 6.07) is 12.7. The number of pyridine rings is 1. The molecule has 2 heterocycles. The van der Waals surface area contributed by atoms with Crippen molar-refractivity contribution >= 4 is 11.4 Å². The van der Waals surface area contributed by atoms with Gasteiger partial charge in [-0.2, -0.15) is 0 Å². The van der Waals surface area contributed by atoms with Crippen LogP contribution in [0.5, 0.6) is 0 Å². The molecule has 0 saturated carbocycles. The molecule has 1 aliphatic heterocycles. The minimum absolute atomic E-state index is 0.202. The molecule has 3 rings (SSSR count). The Morgan fingerprint density at radius 2 is 1.95 bits per heavy atom. The maximum atomic E-state index is 6.10. The highest BCUT2D eigenvalue weighted by Crippen LogP contribution is 2.30.